The van der Waals surface area contributed by atoms with E-state index >= 15 is 0 Å². The second-order valence-corrected chi connectivity index (χ2v) is 16.0. The van der Waals surface area contributed by atoms with E-state index in [1.807, 2.05) is 0 Å². The normalized spacial score (nSPS) is 13.2. The topological polar surface area (TPSA) is 78.9 Å². The molecule has 0 aliphatic heterocycles. The highest BCUT2D eigenvalue weighted by Crippen LogP contribution is 2.09. The second-order valence-electron chi connectivity index (χ2n) is 16.0. The summed E-state index contributed by atoms with van der Waals surface area (Å²) in [7, 11) is 0. The van der Waals surface area contributed by atoms with Gasteiger partial charge in [-0.05, 0) is 128 Å². The van der Waals surface area contributed by atoms with Crippen LogP contribution >= 0.6 is 0 Å². The molecule has 6 heteroatoms. The molecule has 6 nitrogen and oxygen atoms in total. The zero-order valence-corrected chi connectivity index (χ0v) is 40.7. The van der Waals surface area contributed by atoms with Gasteiger partial charge in [-0.2, -0.15) is 0 Å². The average Bonchev–Trinajstić information content (AvgIpc) is 3.29. The lowest BCUT2D eigenvalue weighted by molar-refractivity contribution is -0.167. The van der Waals surface area contributed by atoms with E-state index in [4.69, 9.17) is 14.2 Å². The average molecular weight is 883 g/mol. The maximum absolute atomic E-state index is 12.8. The number of unbranched alkanes of at least 4 members (excludes halogenated alkanes) is 10. The van der Waals surface area contributed by atoms with Crippen LogP contribution in [0.2, 0.25) is 0 Å². The summed E-state index contributed by atoms with van der Waals surface area (Å²) >= 11 is 0. The van der Waals surface area contributed by atoms with E-state index in [2.05, 4.69) is 154 Å². The minimum atomic E-state index is -0.848. The summed E-state index contributed by atoms with van der Waals surface area (Å²) < 4.78 is 16.6. The van der Waals surface area contributed by atoms with E-state index in [9.17, 15) is 14.4 Å². The van der Waals surface area contributed by atoms with Crippen LogP contribution in [0, 0.1) is 0 Å². The fourth-order valence-corrected chi connectivity index (χ4v) is 6.09. The Morgan fingerprint density at radius 2 is 0.609 bits per heavy atom. The van der Waals surface area contributed by atoms with E-state index in [0.717, 1.165) is 83.5 Å². The number of carbonyl (C=O) groups is 3. The van der Waals surface area contributed by atoms with E-state index in [1.54, 1.807) is 0 Å². The maximum Gasteiger partial charge on any atom is 0.306 e. The SMILES string of the molecule is CC/C=C\C/C=C\C/C=C\CCCCC(=O)OCC(COC(=O)CCC/C=C\C/C=C\C/C=C\C/C=C\CCCCC)OC(=O)CCC/C=C\C/C=C\C/C=C\C/C=C\CCCCC. The zero-order valence-electron chi connectivity index (χ0n) is 40.7. The largest absolute Gasteiger partial charge is 0.462 e. The van der Waals surface area contributed by atoms with Crippen molar-refractivity contribution < 1.29 is 28.6 Å². The molecule has 0 radical (unpaired) electrons. The fourth-order valence-electron chi connectivity index (χ4n) is 6.09. The van der Waals surface area contributed by atoms with Crippen molar-refractivity contribution in [1.29, 1.82) is 0 Å². The molecule has 0 saturated heterocycles. The van der Waals surface area contributed by atoms with Crippen molar-refractivity contribution in [3.05, 3.63) is 134 Å². The molecule has 1 atom stereocenters. The van der Waals surface area contributed by atoms with Gasteiger partial charge < -0.3 is 14.2 Å². The zero-order chi connectivity index (χ0) is 46.5. The van der Waals surface area contributed by atoms with E-state index in [0.29, 0.717) is 19.3 Å². The molecule has 0 N–H and O–H groups in total. The number of rotatable bonds is 43. The van der Waals surface area contributed by atoms with Gasteiger partial charge in [0, 0.05) is 19.3 Å². The van der Waals surface area contributed by atoms with Gasteiger partial charge in [0.15, 0.2) is 6.10 Å². The van der Waals surface area contributed by atoms with Gasteiger partial charge >= 0.3 is 17.9 Å². The smallest absolute Gasteiger partial charge is 0.306 e. The summed E-state index contributed by atoms with van der Waals surface area (Å²) in [6.07, 6.45) is 71.6. The standard InChI is InChI=1S/C58H90O6/c1-4-7-10-13-16-19-22-25-27-29-31-33-36-39-42-45-48-51-57(60)63-54-55(53-62-56(59)50-47-44-41-38-35-24-21-18-15-12-9-6-3)64-58(61)52-49-46-43-40-37-34-32-30-28-26-23-20-17-14-11-8-5-2/h9,12,16-21,25-28,31-35,38-40,42-43,55H,4-8,10-11,13-15,22-24,29-30,36-37,41,44-54H2,1-3H3/b12-9-,19-16-,20-17-,21-18-,27-25-,28-26-,33-31-,34-32-,38-35-,42-39-,43-40-. The van der Waals surface area contributed by atoms with Gasteiger partial charge in [-0.25, -0.2) is 0 Å². The van der Waals surface area contributed by atoms with Crippen LogP contribution in [0.1, 0.15) is 194 Å². The highest BCUT2D eigenvalue weighted by molar-refractivity contribution is 5.71. The third kappa shape index (κ3) is 48.6. The number of ether oxygens (including phenoxy) is 3. The first-order chi connectivity index (χ1) is 31.5. The van der Waals surface area contributed by atoms with E-state index in [-0.39, 0.29) is 44.4 Å². The highest BCUT2D eigenvalue weighted by atomic mass is 16.6. The van der Waals surface area contributed by atoms with Crippen molar-refractivity contribution in [3.63, 3.8) is 0 Å². The van der Waals surface area contributed by atoms with Gasteiger partial charge in [0.05, 0.1) is 0 Å². The lowest BCUT2D eigenvalue weighted by atomic mass is 10.2. The third-order valence-electron chi connectivity index (χ3n) is 9.86. The number of carbonyl (C=O) groups excluding carboxylic acids is 3. The molecular weight excluding hydrogens is 793 g/mol. The maximum atomic E-state index is 12.8. The minimum Gasteiger partial charge on any atom is -0.462 e. The molecule has 0 saturated carbocycles. The van der Waals surface area contributed by atoms with E-state index in [1.165, 1.54) is 51.4 Å². The summed E-state index contributed by atoms with van der Waals surface area (Å²) in [5.41, 5.74) is 0. The Labute approximate surface area is 392 Å². The number of allylic oxidation sites excluding steroid dienone is 22. The van der Waals surface area contributed by atoms with Gasteiger partial charge in [0.2, 0.25) is 0 Å². The quantitative estimate of drug-likeness (QED) is 0.0263. The van der Waals surface area contributed by atoms with Crippen LogP contribution in [0.25, 0.3) is 0 Å². The Hall–Kier alpha value is -4.45. The number of hydrogen-bond donors (Lipinski definition) is 0. The monoisotopic (exact) mass is 883 g/mol. The Bertz CT molecular complexity index is 1430. The van der Waals surface area contributed by atoms with Gasteiger partial charge in [-0.15, -0.1) is 0 Å². The van der Waals surface area contributed by atoms with Crippen molar-refractivity contribution in [3.8, 4) is 0 Å². The third-order valence-corrected chi connectivity index (χ3v) is 9.86. The molecular formula is C58H90O6. The molecule has 0 spiro atoms. The molecule has 0 amide bonds. The highest BCUT2D eigenvalue weighted by Gasteiger charge is 2.19. The second kappa shape index (κ2) is 51.2. The first-order valence-corrected chi connectivity index (χ1v) is 25.2. The molecule has 358 valence electrons. The lowest BCUT2D eigenvalue weighted by Gasteiger charge is -2.18. The Morgan fingerprint density at radius 3 is 0.953 bits per heavy atom. The molecule has 0 rings (SSSR count). The van der Waals surface area contributed by atoms with Crippen LogP contribution in [0.5, 0.6) is 0 Å². The van der Waals surface area contributed by atoms with Gasteiger partial charge in [-0.1, -0.05) is 180 Å². The molecule has 0 aromatic heterocycles. The molecule has 0 aromatic rings. The summed E-state index contributed by atoms with van der Waals surface area (Å²) in [5.74, 6) is -1.10. The van der Waals surface area contributed by atoms with Crippen LogP contribution in [-0.4, -0.2) is 37.2 Å². The molecule has 0 aliphatic carbocycles. The predicted octanol–water partition coefficient (Wildman–Crippen LogP) is 16.7. The Morgan fingerprint density at radius 1 is 0.328 bits per heavy atom. The van der Waals surface area contributed by atoms with Crippen LogP contribution < -0.4 is 0 Å². The van der Waals surface area contributed by atoms with Crippen molar-refractivity contribution in [2.45, 2.75) is 200 Å². The fraction of sp³-hybridized carbons (Fsp3) is 0.569. The Balaban J connectivity index is 4.64. The number of hydrogen-bond acceptors (Lipinski definition) is 6. The van der Waals surface area contributed by atoms with Crippen LogP contribution in [0.15, 0.2) is 134 Å². The summed E-state index contributed by atoms with van der Waals surface area (Å²) in [6, 6.07) is 0. The van der Waals surface area contributed by atoms with Crippen LogP contribution in [-0.2, 0) is 28.6 Å². The van der Waals surface area contributed by atoms with Gasteiger partial charge in [-0.3, -0.25) is 14.4 Å². The molecule has 1 unspecified atom stereocenters. The van der Waals surface area contributed by atoms with Crippen molar-refractivity contribution in [1.82, 2.24) is 0 Å². The lowest BCUT2D eigenvalue weighted by Crippen LogP contribution is -2.30. The first-order valence-electron chi connectivity index (χ1n) is 25.2. The predicted molar refractivity (Wildman–Crippen MR) is 274 cm³/mol. The first kappa shape index (κ1) is 59.5. The minimum absolute atomic E-state index is 0.142. The van der Waals surface area contributed by atoms with Gasteiger partial charge in [0.1, 0.15) is 13.2 Å². The summed E-state index contributed by atoms with van der Waals surface area (Å²) in [6.45, 7) is 6.30. The molecule has 0 heterocycles. The Kier molecular flexibility index (Phi) is 47.6. The summed E-state index contributed by atoms with van der Waals surface area (Å²) in [5, 5.41) is 0. The van der Waals surface area contributed by atoms with Crippen molar-refractivity contribution >= 4 is 17.9 Å². The van der Waals surface area contributed by atoms with Crippen LogP contribution in [0.4, 0.5) is 0 Å². The number of esters is 3. The molecule has 0 aromatic carbocycles. The van der Waals surface area contributed by atoms with Crippen molar-refractivity contribution in [2.75, 3.05) is 13.2 Å². The molecule has 64 heavy (non-hydrogen) atoms. The van der Waals surface area contributed by atoms with Gasteiger partial charge in [0.25, 0.3) is 0 Å². The summed E-state index contributed by atoms with van der Waals surface area (Å²) in [4.78, 5) is 37.9. The molecule has 0 aliphatic rings. The van der Waals surface area contributed by atoms with Crippen LogP contribution in [0.3, 0.4) is 0 Å². The van der Waals surface area contributed by atoms with Crippen molar-refractivity contribution in [2.24, 2.45) is 0 Å². The molecule has 0 fully saturated rings. The van der Waals surface area contributed by atoms with E-state index < -0.39 is 12.1 Å². The molecule has 0 bridgehead atoms.